The normalized spacial score (nSPS) is 14.4. The molecular weight excluding hydrogens is 548 g/mol. The summed E-state index contributed by atoms with van der Waals surface area (Å²) in [6.07, 6.45) is -0.821. The Morgan fingerprint density at radius 2 is 1.73 bits per heavy atom. The van der Waals surface area contributed by atoms with Gasteiger partial charge in [-0.15, -0.1) is 0 Å². The van der Waals surface area contributed by atoms with E-state index in [0.717, 1.165) is 27.9 Å². The number of ether oxygens (including phenoxy) is 2. The molecule has 4 N–H and O–H groups in total. The molecule has 3 aromatic carbocycles. The van der Waals surface area contributed by atoms with Crippen LogP contribution in [0, 0.1) is 0 Å². The van der Waals surface area contributed by atoms with E-state index in [2.05, 4.69) is 16.0 Å². The molecule has 4 amide bonds. The van der Waals surface area contributed by atoms with Crippen molar-refractivity contribution in [3.05, 3.63) is 72.3 Å². The highest BCUT2D eigenvalue weighted by molar-refractivity contribution is 8.15. The Hall–Kier alpha value is -4.71. The Morgan fingerprint density at radius 1 is 1.02 bits per heavy atom. The van der Waals surface area contributed by atoms with E-state index in [-0.39, 0.29) is 35.2 Å². The van der Waals surface area contributed by atoms with E-state index in [1.807, 2.05) is 32.0 Å². The number of nitrogens with one attached hydrogen (secondary N) is 3. The predicted octanol–water partition coefficient (Wildman–Crippen LogP) is 5.33. The number of thioether (sulfide) groups is 1. The number of anilines is 3. The Kier molecular flexibility index (Phi) is 9.35. The summed E-state index contributed by atoms with van der Waals surface area (Å²) in [5.41, 5.74) is 2.21. The van der Waals surface area contributed by atoms with Gasteiger partial charge >= 0.3 is 6.09 Å². The largest absolute Gasteiger partial charge is 0.484 e. The molecule has 0 spiro atoms. The van der Waals surface area contributed by atoms with Gasteiger partial charge in [-0.25, -0.2) is 4.79 Å². The Morgan fingerprint density at radius 3 is 2.39 bits per heavy atom. The van der Waals surface area contributed by atoms with Gasteiger partial charge in [0.15, 0.2) is 6.61 Å². The molecule has 214 valence electrons. The van der Waals surface area contributed by atoms with E-state index >= 15 is 0 Å². The molecule has 1 aliphatic rings. The van der Waals surface area contributed by atoms with Crippen LogP contribution in [0.4, 0.5) is 26.7 Å². The molecule has 0 saturated carbocycles. The maximum atomic E-state index is 12.7. The third-order valence-corrected chi connectivity index (χ3v) is 6.88. The van der Waals surface area contributed by atoms with Crippen molar-refractivity contribution in [1.82, 2.24) is 5.32 Å². The molecule has 1 atom stereocenters. The summed E-state index contributed by atoms with van der Waals surface area (Å²) in [7, 11) is 1.37. The second kappa shape index (κ2) is 13.1. The quantitative estimate of drug-likeness (QED) is 0.237. The smallest absolute Gasteiger partial charge is 0.411 e. The summed E-state index contributed by atoms with van der Waals surface area (Å²) in [6.45, 7) is 3.73. The summed E-state index contributed by atoms with van der Waals surface area (Å²) in [6, 6.07) is 19.2. The number of hydrogen-bond donors (Lipinski definition) is 4. The number of carboxylic acid groups (broad SMARTS) is 1. The number of rotatable bonds is 11. The minimum Gasteiger partial charge on any atom is -0.484 e. The van der Waals surface area contributed by atoms with Crippen molar-refractivity contribution in [2.45, 2.75) is 31.6 Å². The van der Waals surface area contributed by atoms with Crippen LogP contribution in [0.2, 0.25) is 0 Å². The summed E-state index contributed by atoms with van der Waals surface area (Å²) in [5.74, 6) is 0.589. The molecule has 0 aliphatic carbocycles. The van der Waals surface area contributed by atoms with E-state index < -0.39 is 17.3 Å². The number of benzene rings is 3. The number of nitrogens with zero attached hydrogens (tertiary/aromatic N) is 1. The van der Waals surface area contributed by atoms with Crippen molar-refractivity contribution < 1.29 is 33.8 Å². The molecule has 41 heavy (non-hydrogen) atoms. The fourth-order valence-corrected chi connectivity index (χ4v) is 4.84. The maximum absolute atomic E-state index is 12.7. The molecular formula is C29H30N4O7S. The lowest BCUT2D eigenvalue weighted by atomic mass is 10.1. The minimum atomic E-state index is -1.21. The molecule has 1 aliphatic heterocycles. The first-order chi connectivity index (χ1) is 19.6. The molecule has 12 heteroatoms. The molecule has 1 heterocycles. The van der Waals surface area contributed by atoms with E-state index in [9.17, 15) is 24.3 Å². The summed E-state index contributed by atoms with van der Waals surface area (Å²) in [4.78, 5) is 48.5. The zero-order valence-corrected chi connectivity index (χ0v) is 23.5. The third kappa shape index (κ3) is 8.15. The van der Waals surface area contributed by atoms with Crippen LogP contribution >= 0.6 is 11.8 Å². The van der Waals surface area contributed by atoms with Gasteiger partial charge in [0.1, 0.15) is 17.2 Å². The van der Waals surface area contributed by atoms with Crippen molar-refractivity contribution in [2.75, 3.05) is 29.2 Å². The molecule has 0 bridgehead atoms. The van der Waals surface area contributed by atoms with Gasteiger partial charge in [-0.05, 0) is 62.2 Å². The first-order valence-electron chi connectivity index (χ1n) is 12.8. The highest BCUT2D eigenvalue weighted by Crippen LogP contribution is 2.33. The predicted molar refractivity (Wildman–Crippen MR) is 157 cm³/mol. The minimum absolute atomic E-state index is 0.219. The Bertz CT molecular complexity index is 1450. The lowest BCUT2D eigenvalue weighted by Gasteiger charge is -2.20. The van der Waals surface area contributed by atoms with Crippen molar-refractivity contribution in [1.29, 1.82) is 0 Å². The van der Waals surface area contributed by atoms with Gasteiger partial charge in [-0.1, -0.05) is 30.0 Å². The van der Waals surface area contributed by atoms with Crippen molar-refractivity contribution in [2.24, 2.45) is 0 Å². The van der Waals surface area contributed by atoms with Gasteiger partial charge in [-0.2, -0.15) is 0 Å². The van der Waals surface area contributed by atoms with Gasteiger partial charge in [0, 0.05) is 30.9 Å². The number of carbonyl (C=O) groups is 4. The Balaban J connectivity index is 1.38. The van der Waals surface area contributed by atoms with E-state index in [1.165, 1.54) is 13.1 Å². The fourth-order valence-electron chi connectivity index (χ4n) is 3.98. The SMILES string of the molecule is CC(C)Nc1cccc(Oc2ccc(NC(=O)COc3ccc(CC4SC(=O)NC4=O)cc3)c(N(C)C(=O)O)c2)c1. The standard InChI is InChI=1S/C29H30N4O7S/c1-17(2)30-19-5-4-6-21(14-19)40-22-11-12-23(24(15-22)33(3)29(37)38)31-26(34)16-39-20-9-7-18(8-10-20)13-25-27(35)32-28(36)41-25/h4-12,14-15,17,25,30H,13,16H2,1-3H3,(H,31,34)(H,37,38)(H,32,35,36). The van der Waals surface area contributed by atoms with Crippen LogP contribution in [0.5, 0.6) is 17.2 Å². The third-order valence-electron chi connectivity index (χ3n) is 5.90. The summed E-state index contributed by atoms with van der Waals surface area (Å²) in [5, 5.41) is 17.0. The van der Waals surface area contributed by atoms with E-state index in [0.29, 0.717) is 23.7 Å². The van der Waals surface area contributed by atoms with Gasteiger partial charge in [-0.3, -0.25) is 24.6 Å². The second-order valence-corrected chi connectivity index (χ2v) is 10.7. The molecule has 3 aromatic rings. The number of amides is 4. The second-order valence-electron chi connectivity index (χ2n) is 9.52. The first-order valence-corrected chi connectivity index (χ1v) is 13.6. The van der Waals surface area contributed by atoms with Crippen LogP contribution < -0.4 is 30.3 Å². The van der Waals surface area contributed by atoms with Gasteiger partial charge < -0.3 is 25.2 Å². The lowest BCUT2D eigenvalue weighted by Crippen LogP contribution is -2.27. The van der Waals surface area contributed by atoms with Crippen molar-refractivity contribution in [3.63, 3.8) is 0 Å². The Labute approximate surface area is 241 Å². The van der Waals surface area contributed by atoms with Crippen LogP contribution in [0.1, 0.15) is 19.4 Å². The molecule has 1 unspecified atom stereocenters. The number of carbonyl (C=O) groups excluding carboxylic acids is 3. The van der Waals surface area contributed by atoms with Crippen LogP contribution in [0.25, 0.3) is 0 Å². The average molecular weight is 579 g/mol. The highest BCUT2D eigenvalue weighted by atomic mass is 32.2. The molecule has 4 rings (SSSR count). The van der Waals surface area contributed by atoms with Gasteiger partial charge in [0.05, 0.1) is 16.6 Å². The zero-order valence-electron chi connectivity index (χ0n) is 22.7. The van der Waals surface area contributed by atoms with Crippen LogP contribution in [0.15, 0.2) is 66.7 Å². The van der Waals surface area contributed by atoms with Crippen LogP contribution in [0.3, 0.4) is 0 Å². The molecule has 11 nitrogen and oxygen atoms in total. The molecule has 0 aromatic heterocycles. The van der Waals surface area contributed by atoms with Crippen LogP contribution in [-0.4, -0.2) is 53.2 Å². The molecule has 0 radical (unpaired) electrons. The molecule has 1 fully saturated rings. The van der Waals surface area contributed by atoms with E-state index in [4.69, 9.17) is 9.47 Å². The van der Waals surface area contributed by atoms with Crippen LogP contribution in [-0.2, 0) is 16.0 Å². The average Bonchev–Trinajstić information content (AvgIpc) is 3.24. The zero-order chi connectivity index (χ0) is 29.5. The van der Waals surface area contributed by atoms with E-state index in [1.54, 1.807) is 42.5 Å². The topological polar surface area (TPSA) is 146 Å². The maximum Gasteiger partial charge on any atom is 0.411 e. The lowest BCUT2D eigenvalue weighted by molar-refractivity contribution is -0.119. The first kappa shape index (κ1) is 29.3. The van der Waals surface area contributed by atoms with Crippen molar-refractivity contribution >= 4 is 52.0 Å². The van der Waals surface area contributed by atoms with Gasteiger partial charge in [0.25, 0.3) is 11.1 Å². The molecule has 1 saturated heterocycles. The highest BCUT2D eigenvalue weighted by Gasteiger charge is 2.31. The summed E-state index contributed by atoms with van der Waals surface area (Å²) < 4.78 is 11.5. The number of hydrogen-bond acceptors (Lipinski definition) is 8. The summed E-state index contributed by atoms with van der Waals surface area (Å²) >= 11 is 0.962. The van der Waals surface area contributed by atoms with Gasteiger partial charge in [0.2, 0.25) is 5.91 Å². The van der Waals surface area contributed by atoms with Crippen molar-refractivity contribution in [3.8, 4) is 17.2 Å². The number of imide groups is 1. The monoisotopic (exact) mass is 578 g/mol. The fraction of sp³-hybridized carbons (Fsp3) is 0.241.